The highest BCUT2D eigenvalue weighted by Gasteiger charge is 2.15. The van der Waals surface area contributed by atoms with Crippen molar-refractivity contribution in [3.8, 4) is 11.3 Å². The van der Waals surface area contributed by atoms with Crippen LogP contribution < -0.4 is 10.6 Å². The van der Waals surface area contributed by atoms with E-state index in [0.29, 0.717) is 22.5 Å². The lowest BCUT2D eigenvalue weighted by Crippen LogP contribution is -2.30. The summed E-state index contributed by atoms with van der Waals surface area (Å²) in [4.78, 5) is 13.1. The highest BCUT2D eigenvalue weighted by molar-refractivity contribution is 6.30. The van der Waals surface area contributed by atoms with E-state index in [1.807, 2.05) is 19.9 Å². The molecule has 0 aliphatic heterocycles. The Balaban J connectivity index is 2.00. The second kappa shape index (κ2) is 8.95. The van der Waals surface area contributed by atoms with Crippen molar-refractivity contribution < 1.29 is 9.50 Å². The molecule has 0 fully saturated rings. The van der Waals surface area contributed by atoms with Gasteiger partial charge in [-0.1, -0.05) is 25.4 Å². The molecule has 1 atom stereocenters. The Hall–Kier alpha value is -2.77. The van der Waals surface area contributed by atoms with E-state index in [2.05, 4.69) is 25.6 Å². The molecule has 2 aromatic heterocycles. The van der Waals surface area contributed by atoms with Crippen LogP contribution in [0.15, 0.2) is 48.8 Å². The number of nitrogens with one attached hydrogen (secondary N) is 2. The van der Waals surface area contributed by atoms with Crippen LogP contribution in [0.2, 0.25) is 5.02 Å². The number of aliphatic hydroxyl groups is 1. The van der Waals surface area contributed by atoms with Crippen LogP contribution in [0.25, 0.3) is 11.3 Å². The van der Waals surface area contributed by atoms with Crippen LogP contribution in [-0.4, -0.2) is 32.7 Å². The zero-order valence-electron chi connectivity index (χ0n) is 15.5. The van der Waals surface area contributed by atoms with Gasteiger partial charge in [-0.2, -0.15) is 4.98 Å². The van der Waals surface area contributed by atoms with Crippen molar-refractivity contribution in [2.45, 2.75) is 19.9 Å². The third-order valence-corrected chi connectivity index (χ3v) is 4.43. The molecular formula is C20H21ClFN5O. The molecule has 0 bridgehead atoms. The fourth-order valence-corrected chi connectivity index (χ4v) is 2.73. The smallest absolute Gasteiger partial charge is 0.225 e. The van der Waals surface area contributed by atoms with E-state index < -0.39 is 5.82 Å². The van der Waals surface area contributed by atoms with Crippen LogP contribution in [0, 0.1) is 11.7 Å². The standard InChI is InChI=1S/C20H21ClFN5O/c1-12(2)18(11-28)26-20-25-16(13-4-3-7-23-10-13)9-19(27-20)24-17-8-14(21)5-6-15(17)22/h3-10,12,18,28H,11H2,1-2H3,(H2,24,25,26,27)/t18-/m1/s1. The van der Waals surface area contributed by atoms with Crippen molar-refractivity contribution in [1.29, 1.82) is 0 Å². The molecule has 146 valence electrons. The SMILES string of the molecule is CC(C)[C@@H](CO)Nc1nc(Nc2cc(Cl)ccc2F)cc(-c2cccnc2)n1. The topological polar surface area (TPSA) is 83.0 Å². The van der Waals surface area contributed by atoms with Gasteiger partial charge in [0.1, 0.15) is 11.6 Å². The Labute approximate surface area is 167 Å². The Bertz CT molecular complexity index is 939. The minimum atomic E-state index is -0.448. The van der Waals surface area contributed by atoms with Crippen molar-refractivity contribution in [2.24, 2.45) is 5.92 Å². The van der Waals surface area contributed by atoms with E-state index in [0.717, 1.165) is 5.56 Å². The van der Waals surface area contributed by atoms with Gasteiger partial charge in [-0.05, 0) is 36.2 Å². The number of hydrogen-bond acceptors (Lipinski definition) is 6. The van der Waals surface area contributed by atoms with Gasteiger partial charge < -0.3 is 15.7 Å². The molecule has 0 saturated carbocycles. The number of aromatic nitrogens is 3. The molecule has 0 aliphatic rings. The lowest BCUT2D eigenvalue weighted by Gasteiger charge is -2.20. The molecule has 1 aromatic carbocycles. The monoisotopic (exact) mass is 401 g/mol. The average Bonchev–Trinajstić information content (AvgIpc) is 2.69. The summed E-state index contributed by atoms with van der Waals surface area (Å²) in [7, 11) is 0. The lowest BCUT2D eigenvalue weighted by atomic mass is 10.1. The van der Waals surface area contributed by atoms with E-state index in [9.17, 15) is 9.50 Å². The largest absolute Gasteiger partial charge is 0.394 e. The van der Waals surface area contributed by atoms with E-state index in [-0.39, 0.29) is 24.3 Å². The normalized spacial score (nSPS) is 12.1. The molecule has 3 N–H and O–H groups in total. The maximum absolute atomic E-state index is 14.1. The Morgan fingerprint density at radius 1 is 1.18 bits per heavy atom. The Morgan fingerprint density at radius 2 is 2.00 bits per heavy atom. The summed E-state index contributed by atoms with van der Waals surface area (Å²) < 4.78 is 14.1. The first-order valence-electron chi connectivity index (χ1n) is 8.85. The van der Waals surface area contributed by atoms with Crippen molar-refractivity contribution in [3.63, 3.8) is 0 Å². The van der Waals surface area contributed by atoms with Gasteiger partial charge in [0.25, 0.3) is 0 Å². The molecule has 0 radical (unpaired) electrons. The number of nitrogens with zero attached hydrogens (tertiary/aromatic N) is 3. The summed E-state index contributed by atoms with van der Waals surface area (Å²) in [5, 5.41) is 16.1. The summed E-state index contributed by atoms with van der Waals surface area (Å²) in [6, 6.07) is 9.40. The van der Waals surface area contributed by atoms with Crippen molar-refractivity contribution in [3.05, 3.63) is 59.6 Å². The first-order valence-corrected chi connectivity index (χ1v) is 9.23. The summed E-state index contributed by atoms with van der Waals surface area (Å²) in [5.41, 5.74) is 1.60. The Morgan fingerprint density at radius 3 is 2.68 bits per heavy atom. The zero-order valence-corrected chi connectivity index (χ0v) is 16.3. The van der Waals surface area contributed by atoms with Gasteiger partial charge in [0.2, 0.25) is 5.95 Å². The number of halogens is 2. The Kier molecular flexibility index (Phi) is 6.38. The zero-order chi connectivity index (χ0) is 20.1. The first kappa shape index (κ1) is 20.0. The molecule has 8 heteroatoms. The number of benzene rings is 1. The van der Waals surface area contributed by atoms with E-state index in [1.165, 1.54) is 18.2 Å². The van der Waals surface area contributed by atoms with Gasteiger partial charge in [0.15, 0.2) is 0 Å². The number of pyridine rings is 1. The average molecular weight is 402 g/mol. The molecule has 0 amide bonds. The van der Waals surface area contributed by atoms with Crippen LogP contribution >= 0.6 is 11.6 Å². The fourth-order valence-electron chi connectivity index (χ4n) is 2.56. The van der Waals surface area contributed by atoms with Gasteiger partial charge in [-0.15, -0.1) is 0 Å². The third-order valence-electron chi connectivity index (χ3n) is 4.19. The maximum Gasteiger partial charge on any atom is 0.225 e. The summed E-state index contributed by atoms with van der Waals surface area (Å²) in [6.07, 6.45) is 3.35. The fraction of sp³-hybridized carbons (Fsp3) is 0.250. The quantitative estimate of drug-likeness (QED) is 0.540. The molecule has 28 heavy (non-hydrogen) atoms. The van der Waals surface area contributed by atoms with Crippen LogP contribution in [0.3, 0.4) is 0 Å². The molecule has 0 saturated heterocycles. The predicted molar refractivity (Wildman–Crippen MR) is 109 cm³/mol. The highest BCUT2D eigenvalue weighted by Crippen LogP contribution is 2.26. The van der Waals surface area contributed by atoms with Crippen LogP contribution in [0.4, 0.5) is 21.8 Å². The highest BCUT2D eigenvalue weighted by atomic mass is 35.5. The van der Waals surface area contributed by atoms with E-state index >= 15 is 0 Å². The van der Waals surface area contributed by atoms with Gasteiger partial charge >= 0.3 is 0 Å². The molecule has 0 unspecified atom stereocenters. The molecular weight excluding hydrogens is 381 g/mol. The van der Waals surface area contributed by atoms with E-state index in [1.54, 1.807) is 24.5 Å². The molecule has 0 aliphatic carbocycles. The lowest BCUT2D eigenvalue weighted by molar-refractivity contribution is 0.248. The molecule has 3 aromatic rings. The first-order chi connectivity index (χ1) is 13.5. The van der Waals surface area contributed by atoms with Gasteiger partial charge in [-0.3, -0.25) is 4.98 Å². The summed E-state index contributed by atoms with van der Waals surface area (Å²) in [6.45, 7) is 3.91. The van der Waals surface area contributed by atoms with Crippen molar-refractivity contribution >= 4 is 29.1 Å². The van der Waals surface area contributed by atoms with Crippen LogP contribution in [0.5, 0.6) is 0 Å². The third kappa shape index (κ3) is 4.94. The summed E-state index contributed by atoms with van der Waals surface area (Å²) in [5.74, 6) is 0.422. The summed E-state index contributed by atoms with van der Waals surface area (Å²) >= 11 is 5.98. The maximum atomic E-state index is 14.1. The number of anilines is 3. The minimum absolute atomic E-state index is 0.0656. The molecule has 6 nitrogen and oxygen atoms in total. The van der Waals surface area contributed by atoms with Gasteiger partial charge in [0, 0.05) is 29.0 Å². The predicted octanol–water partition coefficient (Wildman–Crippen LogP) is 4.50. The van der Waals surface area contributed by atoms with Gasteiger partial charge in [0.05, 0.1) is 24.0 Å². The van der Waals surface area contributed by atoms with Crippen molar-refractivity contribution in [1.82, 2.24) is 15.0 Å². The van der Waals surface area contributed by atoms with Crippen LogP contribution in [0.1, 0.15) is 13.8 Å². The molecule has 0 spiro atoms. The van der Waals surface area contributed by atoms with Gasteiger partial charge in [-0.25, -0.2) is 9.37 Å². The molecule has 3 rings (SSSR count). The van der Waals surface area contributed by atoms with Crippen LogP contribution in [-0.2, 0) is 0 Å². The number of rotatable bonds is 7. The second-order valence-electron chi connectivity index (χ2n) is 6.63. The minimum Gasteiger partial charge on any atom is -0.394 e. The second-order valence-corrected chi connectivity index (χ2v) is 7.07. The van der Waals surface area contributed by atoms with Crippen molar-refractivity contribution in [2.75, 3.05) is 17.2 Å². The number of hydrogen-bond donors (Lipinski definition) is 3. The molecule has 2 heterocycles. The van der Waals surface area contributed by atoms with E-state index in [4.69, 9.17) is 11.6 Å². The number of aliphatic hydroxyl groups excluding tert-OH is 1.